The van der Waals surface area contributed by atoms with Gasteiger partial charge in [-0.05, 0) is 63.5 Å². The number of likely N-dealkylation sites (tertiary alicyclic amines) is 1. The largest absolute Gasteiger partial charge is 0.481 e. The van der Waals surface area contributed by atoms with Gasteiger partial charge in [0.05, 0.1) is 0 Å². The Bertz CT molecular complexity index is 885. The van der Waals surface area contributed by atoms with Gasteiger partial charge in [0.15, 0.2) is 6.10 Å². The second kappa shape index (κ2) is 8.03. The van der Waals surface area contributed by atoms with E-state index in [2.05, 4.69) is 36.6 Å². The van der Waals surface area contributed by atoms with Crippen molar-refractivity contribution in [1.29, 1.82) is 0 Å². The van der Waals surface area contributed by atoms with E-state index in [1.807, 2.05) is 48.2 Å². The zero-order valence-electron chi connectivity index (χ0n) is 17.4. The smallest absolute Gasteiger partial charge is 0.267 e. The number of carbonyl (C=O) groups excluding carboxylic acids is 1. The van der Waals surface area contributed by atoms with Crippen LogP contribution in [0.2, 0.25) is 0 Å². The maximum atomic E-state index is 13.4. The minimum absolute atomic E-state index is 0.0318. The molecule has 4 rings (SSSR count). The summed E-state index contributed by atoms with van der Waals surface area (Å²) in [5.74, 6) is 0.758. The van der Waals surface area contributed by atoms with Gasteiger partial charge in [-0.15, -0.1) is 6.58 Å². The molecule has 0 N–H and O–H groups in total. The van der Waals surface area contributed by atoms with Gasteiger partial charge in [0.25, 0.3) is 5.91 Å². The summed E-state index contributed by atoms with van der Waals surface area (Å²) in [6, 6.07) is 16.1. The molecule has 152 valence electrons. The molecule has 1 atom stereocenters. The Hall–Kier alpha value is -2.59. The number of benzene rings is 2. The third-order valence-corrected chi connectivity index (χ3v) is 6.35. The molecular formula is C25H30N2O2. The van der Waals surface area contributed by atoms with E-state index >= 15 is 0 Å². The monoisotopic (exact) mass is 390 g/mol. The minimum Gasteiger partial charge on any atom is -0.481 e. The first-order valence-electron chi connectivity index (χ1n) is 10.5. The molecule has 2 aromatic carbocycles. The Balaban J connectivity index is 1.58. The summed E-state index contributed by atoms with van der Waals surface area (Å²) in [6.07, 6.45) is 3.58. The van der Waals surface area contributed by atoms with Crippen molar-refractivity contribution in [2.75, 3.05) is 31.1 Å². The van der Waals surface area contributed by atoms with E-state index < -0.39 is 6.10 Å². The molecule has 1 saturated heterocycles. The number of ether oxygens (including phenoxy) is 1. The van der Waals surface area contributed by atoms with Crippen molar-refractivity contribution in [3.63, 3.8) is 0 Å². The molecule has 4 nitrogen and oxygen atoms in total. The van der Waals surface area contributed by atoms with Crippen LogP contribution in [0.15, 0.2) is 61.2 Å². The molecule has 4 heteroatoms. The van der Waals surface area contributed by atoms with Gasteiger partial charge in [0.1, 0.15) is 5.75 Å². The average molecular weight is 391 g/mol. The van der Waals surface area contributed by atoms with Crippen LogP contribution in [-0.2, 0) is 10.2 Å². The number of aryl methyl sites for hydroxylation is 1. The summed E-state index contributed by atoms with van der Waals surface area (Å²) in [7, 11) is 0. The van der Waals surface area contributed by atoms with Crippen molar-refractivity contribution in [2.24, 2.45) is 0 Å². The third kappa shape index (κ3) is 3.82. The van der Waals surface area contributed by atoms with Crippen LogP contribution in [0.1, 0.15) is 30.9 Å². The van der Waals surface area contributed by atoms with Crippen molar-refractivity contribution in [3.05, 3.63) is 72.3 Å². The van der Waals surface area contributed by atoms with Gasteiger partial charge in [-0.3, -0.25) is 9.69 Å². The highest BCUT2D eigenvalue weighted by Crippen LogP contribution is 2.47. The summed E-state index contributed by atoms with van der Waals surface area (Å²) in [6.45, 7) is 11.6. The summed E-state index contributed by atoms with van der Waals surface area (Å²) in [5, 5.41) is 0. The fourth-order valence-corrected chi connectivity index (χ4v) is 4.73. The van der Waals surface area contributed by atoms with Crippen LogP contribution < -0.4 is 9.64 Å². The molecule has 29 heavy (non-hydrogen) atoms. The van der Waals surface area contributed by atoms with Crippen LogP contribution in [0.3, 0.4) is 0 Å². The summed E-state index contributed by atoms with van der Waals surface area (Å²) in [5.41, 5.74) is 3.68. The SMILES string of the molecule is C=CCN1CCC2(CC1)CN(C(=O)C(C)Oc1ccccc1)c1ccc(C)cc12. The summed E-state index contributed by atoms with van der Waals surface area (Å²) in [4.78, 5) is 17.8. The number of hydrogen-bond donors (Lipinski definition) is 0. The maximum Gasteiger partial charge on any atom is 0.267 e. The number of anilines is 1. The predicted molar refractivity (Wildman–Crippen MR) is 118 cm³/mol. The fourth-order valence-electron chi connectivity index (χ4n) is 4.73. The van der Waals surface area contributed by atoms with Gasteiger partial charge in [-0.25, -0.2) is 0 Å². The van der Waals surface area contributed by atoms with Crippen LogP contribution in [0.25, 0.3) is 0 Å². The quantitative estimate of drug-likeness (QED) is 0.713. The van der Waals surface area contributed by atoms with Gasteiger partial charge in [-0.2, -0.15) is 0 Å². The van der Waals surface area contributed by atoms with E-state index in [1.54, 1.807) is 0 Å². The second-order valence-corrected chi connectivity index (χ2v) is 8.39. The normalized spacial score (nSPS) is 19.0. The molecule has 1 amide bonds. The number of carbonyl (C=O) groups is 1. The topological polar surface area (TPSA) is 32.8 Å². The van der Waals surface area contributed by atoms with E-state index in [0.29, 0.717) is 0 Å². The molecule has 2 aliphatic heterocycles. The average Bonchev–Trinajstić information content (AvgIpc) is 3.03. The molecule has 1 spiro atoms. The number of nitrogens with zero attached hydrogens (tertiary/aromatic N) is 2. The lowest BCUT2D eigenvalue weighted by Gasteiger charge is -2.39. The van der Waals surface area contributed by atoms with Crippen LogP contribution >= 0.6 is 0 Å². The first-order chi connectivity index (χ1) is 14.0. The van der Waals surface area contributed by atoms with Crippen molar-refractivity contribution >= 4 is 11.6 Å². The number of hydrogen-bond acceptors (Lipinski definition) is 3. The fraction of sp³-hybridized carbons (Fsp3) is 0.400. The number of rotatable bonds is 5. The Morgan fingerprint density at radius 1 is 1.21 bits per heavy atom. The second-order valence-electron chi connectivity index (χ2n) is 8.39. The molecule has 0 bridgehead atoms. The van der Waals surface area contributed by atoms with Gasteiger partial charge in [0.2, 0.25) is 0 Å². The highest BCUT2D eigenvalue weighted by molar-refractivity contribution is 5.99. The standard InChI is InChI=1S/C25H30N2O2/c1-4-14-26-15-12-25(13-16-26)18-27(23-11-10-19(2)17-22(23)25)24(28)20(3)29-21-8-6-5-7-9-21/h4-11,17,20H,1,12-16,18H2,2-3H3. The predicted octanol–water partition coefficient (Wildman–Crippen LogP) is 4.33. The minimum atomic E-state index is -0.525. The van der Waals surface area contributed by atoms with E-state index in [1.165, 1.54) is 11.1 Å². The van der Waals surface area contributed by atoms with Crippen LogP contribution in [-0.4, -0.2) is 43.1 Å². The van der Waals surface area contributed by atoms with E-state index in [4.69, 9.17) is 4.74 Å². The van der Waals surface area contributed by atoms with Crippen LogP contribution in [0.4, 0.5) is 5.69 Å². The van der Waals surface area contributed by atoms with Crippen molar-refractivity contribution in [1.82, 2.24) is 4.90 Å². The zero-order valence-corrected chi connectivity index (χ0v) is 17.4. The van der Waals surface area contributed by atoms with Gasteiger partial charge < -0.3 is 9.64 Å². The molecule has 0 saturated carbocycles. The molecule has 2 aromatic rings. The highest BCUT2D eigenvalue weighted by Gasteiger charge is 2.47. The zero-order chi connectivity index (χ0) is 20.4. The molecule has 1 fully saturated rings. The molecule has 1 unspecified atom stereocenters. The molecule has 2 aliphatic rings. The third-order valence-electron chi connectivity index (χ3n) is 6.35. The van der Waals surface area contributed by atoms with Gasteiger partial charge in [0, 0.05) is 24.2 Å². The lowest BCUT2D eigenvalue weighted by molar-refractivity contribution is -0.124. The Labute approximate surface area is 173 Å². The molecule has 0 radical (unpaired) electrons. The Morgan fingerprint density at radius 3 is 2.62 bits per heavy atom. The highest BCUT2D eigenvalue weighted by atomic mass is 16.5. The van der Waals surface area contributed by atoms with E-state index in [9.17, 15) is 4.79 Å². The number of piperidine rings is 1. The first-order valence-corrected chi connectivity index (χ1v) is 10.5. The summed E-state index contributed by atoms with van der Waals surface area (Å²) >= 11 is 0. The first kappa shape index (κ1) is 19.7. The molecule has 0 aliphatic carbocycles. The lowest BCUT2D eigenvalue weighted by atomic mass is 9.74. The molecule has 2 heterocycles. The van der Waals surface area contributed by atoms with Gasteiger partial charge >= 0.3 is 0 Å². The van der Waals surface area contributed by atoms with Gasteiger partial charge in [-0.1, -0.05) is 42.0 Å². The van der Waals surface area contributed by atoms with Crippen molar-refractivity contribution in [3.8, 4) is 5.75 Å². The Kier molecular flexibility index (Phi) is 5.46. The van der Waals surface area contributed by atoms with Crippen molar-refractivity contribution < 1.29 is 9.53 Å². The lowest BCUT2D eigenvalue weighted by Crippen LogP contribution is -2.47. The maximum absolute atomic E-state index is 13.4. The molecule has 0 aromatic heterocycles. The van der Waals surface area contributed by atoms with E-state index in [0.717, 1.165) is 50.5 Å². The number of amides is 1. The van der Waals surface area contributed by atoms with Crippen LogP contribution in [0, 0.1) is 6.92 Å². The summed E-state index contributed by atoms with van der Waals surface area (Å²) < 4.78 is 5.94. The Morgan fingerprint density at radius 2 is 1.93 bits per heavy atom. The molecular weight excluding hydrogens is 360 g/mol. The van der Waals surface area contributed by atoms with Crippen LogP contribution in [0.5, 0.6) is 5.75 Å². The van der Waals surface area contributed by atoms with Crippen molar-refractivity contribution in [2.45, 2.75) is 38.2 Å². The van der Waals surface area contributed by atoms with E-state index in [-0.39, 0.29) is 11.3 Å². The number of para-hydroxylation sites is 1. The number of fused-ring (bicyclic) bond motifs is 2.